The quantitative estimate of drug-likeness (QED) is 0.354. The fraction of sp³-hybridized carbons (Fsp3) is 0.667. The van der Waals surface area contributed by atoms with Crippen LogP contribution in [0.4, 0.5) is 0 Å². The van der Waals surface area contributed by atoms with Gasteiger partial charge in [-0.25, -0.2) is 13.1 Å². The van der Waals surface area contributed by atoms with Gasteiger partial charge in [-0.2, -0.15) is 0 Å². The highest BCUT2D eigenvalue weighted by Crippen LogP contribution is 2.25. The van der Waals surface area contributed by atoms with Gasteiger partial charge in [0, 0.05) is 26.2 Å². The first kappa shape index (κ1) is 23.5. The van der Waals surface area contributed by atoms with Crippen molar-refractivity contribution in [1.29, 1.82) is 0 Å². The van der Waals surface area contributed by atoms with Crippen molar-refractivity contribution in [3.05, 3.63) is 29.8 Å². The van der Waals surface area contributed by atoms with Gasteiger partial charge in [-0.15, -0.1) is 0 Å². The molecule has 1 aliphatic rings. The molecule has 0 aliphatic heterocycles. The molecule has 0 amide bonds. The van der Waals surface area contributed by atoms with Crippen LogP contribution in [0.25, 0.3) is 0 Å². The minimum Gasteiger partial charge on any atom is -0.497 e. The maximum atomic E-state index is 12.1. The number of hydrogen-bond acceptors (Lipinski definition) is 4. The van der Waals surface area contributed by atoms with Gasteiger partial charge >= 0.3 is 0 Å². The molecule has 1 atom stereocenters. The lowest BCUT2D eigenvalue weighted by Crippen LogP contribution is -2.42. The molecule has 1 aliphatic carbocycles. The van der Waals surface area contributed by atoms with Gasteiger partial charge in [0.15, 0.2) is 5.96 Å². The molecule has 1 unspecified atom stereocenters. The molecule has 164 valence electrons. The topological polar surface area (TPSA) is 91.8 Å². The number of nitrogens with zero attached hydrogens (tertiary/aromatic N) is 1. The third kappa shape index (κ3) is 8.62. The molecule has 7 nitrogen and oxygen atoms in total. The first-order chi connectivity index (χ1) is 13.9. The molecule has 0 saturated heterocycles. The Balaban J connectivity index is 1.74. The predicted octanol–water partition coefficient (Wildman–Crippen LogP) is 2.46. The molecule has 29 heavy (non-hydrogen) atoms. The summed E-state index contributed by atoms with van der Waals surface area (Å²) in [7, 11) is -1.58. The molecule has 0 radical (unpaired) electrons. The van der Waals surface area contributed by atoms with Crippen molar-refractivity contribution in [2.24, 2.45) is 10.9 Å². The van der Waals surface area contributed by atoms with Crippen LogP contribution in [0.15, 0.2) is 29.3 Å². The molecule has 3 N–H and O–H groups in total. The number of guanidine groups is 1. The van der Waals surface area contributed by atoms with Crippen molar-refractivity contribution in [3.8, 4) is 5.75 Å². The number of benzene rings is 1. The fourth-order valence-corrected chi connectivity index (χ4v) is 4.13. The van der Waals surface area contributed by atoms with E-state index in [-0.39, 0.29) is 5.75 Å². The molecule has 0 aromatic heterocycles. The van der Waals surface area contributed by atoms with Crippen LogP contribution in [0.1, 0.15) is 51.0 Å². The highest BCUT2D eigenvalue weighted by atomic mass is 32.2. The SMILES string of the molecule is CCNC(=NCCC(C)c1ccc(OC)cc1)NCCS(=O)(=O)NCC1CCC1. The summed E-state index contributed by atoms with van der Waals surface area (Å²) in [5, 5.41) is 6.30. The Labute approximate surface area is 175 Å². The zero-order valence-electron chi connectivity index (χ0n) is 17.9. The Morgan fingerprint density at radius 3 is 2.55 bits per heavy atom. The Morgan fingerprint density at radius 1 is 1.24 bits per heavy atom. The summed E-state index contributed by atoms with van der Waals surface area (Å²) in [5.41, 5.74) is 1.25. The minimum absolute atomic E-state index is 0.0480. The van der Waals surface area contributed by atoms with Gasteiger partial charge in [-0.3, -0.25) is 4.99 Å². The Kier molecular flexibility index (Phi) is 9.73. The molecule has 1 aromatic rings. The van der Waals surface area contributed by atoms with Crippen LogP contribution in [0.5, 0.6) is 5.75 Å². The maximum Gasteiger partial charge on any atom is 0.213 e. The first-order valence-corrected chi connectivity index (χ1v) is 12.2. The van der Waals surface area contributed by atoms with Crippen molar-refractivity contribution in [1.82, 2.24) is 15.4 Å². The van der Waals surface area contributed by atoms with E-state index >= 15 is 0 Å². The summed E-state index contributed by atoms with van der Waals surface area (Å²) in [6, 6.07) is 8.11. The minimum atomic E-state index is -3.24. The van der Waals surface area contributed by atoms with Crippen LogP contribution < -0.4 is 20.1 Å². The molecule has 8 heteroatoms. The Bertz CT molecular complexity index is 731. The number of nitrogens with one attached hydrogen (secondary N) is 3. The van der Waals surface area contributed by atoms with Crippen molar-refractivity contribution in [2.45, 2.75) is 45.4 Å². The lowest BCUT2D eigenvalue weighted by atomic mass is 9.86. The summed E-state index contributed by atoms with van der Waals surface area (Å²) in [6.07, 6.45) is 4.39. The second kappa shape index (κ2) is 12.0. The van der Waals surface area contributed by atoms with E-state index in [2.05, 4.69) is 39.4 Å². The van der Waals surface area contributed by atoms with E-state index in [0.717, 1.165) is 31.6 Å². The summed E-state index contributed by atoms with van der Waals surface area (Å²) < 4.78 is 32.1. The normalized spacial score (nSPS) is 16.2. The molecule has 2 rings (SSSR count). The van der Waals surface area contributed by atoms with Crippen LogP contribution in [-0.2, 0) is 10.0 Å². The van der Waals surface area contributed by atoms with Crippen LogP contribution in [-0.4, -0.2) is 53.4 Å². The molecule has 1 fully saturated rings. The zero-order valence-corrected chi connectivity index (χ0v) is 18.7. The second-order valence-electron chi connectivity index (χ2n) is 7.61. The maximum absolute atomic E-state index is 12.1. The summed E-state index contributed by atoms with van der Waals surface area (Å²) in [4.78, 5) is 4.58. The van der Waals surface area contributed by atoms with Crippen LogP contribution in [0.3, 0.4) is 0 Å². The Hall–Kier alpha value is -1.80. The highest BCUT2D eigenvalue weighted by Gasteiger charge is 2.20. The van der Waals surface area contributed by atoms with Gasteiger partial charge in [0.2, 0.25) is 10.0 Å². The predicted molar refractivity (Wildman–Crippen MR) is 119 cm³/mol. The average molecular weight is 425 g/mol. The summed E-state index contributed by atoms with van der Waals surface area (Å²) in [5.74, 6) is 2.46. The van der Waals surface area contributed by atoms with Gasteiger partial charge in [-0.1, -0.05) is 25.5 Å². The lowest BCUT2D eigenvalue weighted by molar-refractivity contribution is 0.316. The Morgan fingerprint density at radius 2 is 1.97 bits per heavy atom. The second-order valence-corrected chi connectivity index (χ2v) is 9.54. The van der Waals surface area contributed by atoms with Crippen LogP contribution in [0, 0.1) is 5.92 Å². The average Bonchev–Trinajstić information content (AvgIpc) is 2.66. The van der Waals surface area contributed by atoms with Crippen molar-refractivity contribution >= 4 is 16.0 Å². The largest absolute Gasteiger partial charge is 0.497 e. The molecule has 1 saturated carbocycles. The van der Waals surface area contributed by atoms with E-state index in [1.54, 1.807) is 7.11 Å². The third-order valence-corrected chi connectivity index (χ3v) is 6.69. The third-order valence-electron chi connectivity index (χ3n) is 5.34. The van der Waals surface area contributed by atoms with E-state index < -0.39 is 10.0 Å². The van der Waals surface area contributed by atoms with Crippen molar-refractivity contribution in [3.63, 3.8) is 0 Å². The smallest absolute Gasteiger partial charge is 0.213 e. The summed E-state index contributed by atoms with van der Waals surface area (Å²) in [6.45, 7) is 6.47. The number of ether oxygens (including phenoxy) is 1. The molecular weight excluding hydrogens is 388 g/mol. The van der Waals surface area contributed by atoms with Gasteiger partial charge in [-0.05, 0) is 55.7 Å². The molecule has 0 bridgehead atoms. The lowest BCUT2D eigenvalue weighted by Gasteiger charge is -2.25. The van der Waals surface area contributed by atoms with E-state index in [4.69, 9.17) is 4.74 Å². The van der Waals surface area contributed by atoms with Crippen molar-refractivity contribution < 1.29 is 13.2 Å². The van der Waals surface area contributed by atoms with Gasteiger partial charge in [0.1, 0.15) is 5.75 Å². The molecular formula is C21H36N4O3S. The molecule has 1 aromatic carbocycles. The van der Waals surface area contributed by atoms with Gasteiger partial charge in [0.05, 0.1) is 12.9 Å². The first-order valence-electron chi connectivity index (χ1n) is 10.6. The number of aliphatic imine (C=N–C) groups is 1. The number of methoxy groups -OCH3 is 1. The van der Waals surface area contributed by atoms with Gasteiger partial charge in [0.25, 0.3) is 0 Å². The van der Waals surface area contributed by atoms with Crippen LogP contribution in [0.2, 0.25) is 0 Å². The highest BCUT2D eigenvalue weighted by molar-refractivity contribution is 7.89. The molecule has 0 heterocycles. The van der Waals surface area contributed by atoms with E-state index in [0.29, 0.717) is 37.4 Å². The zero-order chi connectivity index (χ0) is 21.1. The fourth-order valence-electron chi connectivity index (χ4n) is 3.13. The van der Waals surface area contributed by atoms with E-state index in [1.165, 1.54) is 12.0 Å². The van der Waals surface area contributed by atoms with Gasteiger partial charge < -0.3 is 15.4 Å². The number of hydrogen-bond donors (Lipinski definition) is 3. The number of sulfonamides is 1. The van der Waals surface area contributed by atoms with E-state index in [9.17, 15) is 8.42 Å². The monoisotopic (exact) mass is 424 g/mol. The van der Waals surface area contributed by atoms with Crippen molar-refractivity contribution in [2.75, 3.05) is 39.0 Å². The summed E-state index contributed by atoms with van der Waals surface area (Å²) >= 11 is 0. The van der Waals surface area contributed by atoms with E-state index in [1.807, 2.05) is 19.1 Å². The number of rotatable bonds is 12. The standard InChI is InChI=1S/C21H36N4O3S/c1-4-22-21(24-14-15-29(26,27)25-16-18-6-5-7-18)23-13-12-17(2)19-8-10-20(28-3)11-9-19/h8-11,17-18,25H,4-7,12-16H2,1-3H3,(H2,22,23,24). The van der Waals surface area contributed by atoms with Crippen LogP contribution >= 0.6 is 0 Å². The molecule has 0 spiro atoms.